The lowest BCUT2D eigenvalue weighted by molar-refractivity contribution is -0.137. The first-order chi connectivity index (χ1) is 15.3. The normalized spacial score (nSPS) is 15.1. The van der Waals surface area contributed by atoms with Gasteiger partial charge in [-0.3, -0.25) is 14.3 Å². The summed E-state index contributed by atoms with van der Waals surface area (Å²) < 4.78 is 41.4. The van der Waals surface area contributed by atoms with Gasteiger partial charge in [-0.2, -0.15) is 13.2 Å². The van der Waals surface area contributed by atoms with Crippen molar-refractivity contribution < 1.29 is 18.0 Å². The molecule has 3 aromatic rings. The molecule has 1 saturated heterocycles. The Morgan fingerprint density at radius 3 is 2.41 bits per heavy atom. The van der Waals surface area contributed by atoms with Gasteiger partial charge in [0.15, 0.2) is 0 Å². The summed E-state index contributed by atoms with van der Waals surface area (Å²) >= 11 is 0. The number of alkyl halides is 3. The second-order valence-electron chi connectivity index (χ2n) is 7.79. The maximum atomic E-state index is 13.1. The molecule has 0 aliphatic carbocycles. The first kappa shape index (κ1) is 21.9. The largest absolute Gasteiger partial charge is 0.418 e. The molecule has 9 heteroatoms. The van der Waals surface area contributed by atoms with E-state index in [-0.39, 0.29) is 12.2 Å². The molecule has 2 heterocycles. The number of imidazole rings is 1. The Morgan fingerprint density at radius 2 is 1.72 bits per heavy atom. The zero-order chi connectivity index (χ0) is 22.7. The lowest BCUT2D eigenvalue weighted by Gasteiger charge is -2.35. The van der Waals surface area contributed by atoms with Crippen molar-refractivity contribution >= 4 is 17.5 Å². The quantitative estimate of drug-likeness (QED) is 0.649. The van der Waals surface area contributed by atoms with Crippen LogP contribution in [-0.4, -0.2) is 53.1 Å². The molecule has 6 nitrogen and oxygen atoms in total. The predicted molar refractivity (Wildman–Crippen MR) is 117 cm³/mol. The van der Waals surface area contributed by atoms with E-state index in [1.165, 1.54) is 23.8 Å². The summed E-state index contributed by atoms with van der Waals surface area (Å²) in [7, 11) is 0. The number of aromatic nitrogens is 2. The predicted octanol–water partition coefficient (Wildman–Crippen LogP) is 3.96. The van der Waals surface area contributed by atoms with E-state index in [4.69, 9.17) is 0 Å². The van der Waals surface area contributed by atoms with Crippen LogP contribution in [0.25, 0.3) is 5.69 Å². The standard InChI is InChI=1S/C23H24F3N5O/c1-17-6-8-18(9-7-17)31-11-10-27-22(31)30-14-12-29(13-15-30)16-21(32)28-20-5-3-2-4-19(20)23(24,25)26/h2-11H,12-16H2,1H3,(H,28,32). The summed E-state index contributed by atoms with van der Waals surface area (Å²) in [5.74, 6) is 0.369. The minimum Gasteiger partial charge on any atom is -0.339 e. The van der Waals surface area contributed by atoms with Crippen LogP contribution in [0, 0.1) is 6.92 Å². The van der Waals surface area contributed by atoms with Crippen molar-refractivity contribution in [2.24, 2.45) is 0 Å². The minimum absolute atomic E-state index is 0.0342. The molecule has 0 atom stereocenters. The van der Waals surface area contributed by atoms with Crippen LogP contribution in [0.3, 0.4) is 0 Å². The van der Waals surface area contributed by atoms with Gasteiger partial charge in [0, 0.05) is 44.3 Å². The number of aryl methyl sites for hydroxylation is 1. The zero-order valence-electron chi connectivity index (χ0n) is 17.6. The van der Waals surface area contributed by atoms with Gasteiger partial charge in [0.2, 0.25) is 11.9 Å². The van der Waals surface area contributed by atoms with E-state index in [0.717, 1.165) is 17.7 Å². The topological polar surface area (TPSA) is 53.4 Å². The Labute approximate surface area is 184 Å². The molecule has 0 unspecified atom stereocenters. The summed E-state index contributed by atoms with van der Waals surface area (Å²) in [6.07, 6.45) is -0.847. The lowest BCUT2D eigenvalue weighted by Crippen LogP contribution is -2.49. The first-order valence-electron chi connectivity index (χ1n) is 10.3. The van der Waals surface area contributed by atoms with Crippen LogP contribution in [0.5, 0.6) is 0 Å². The van der Waals surface area contributed by atoms with Crippen molar-refractivity contribution in [1.29, 1.82) is 0 Å². The van der Waals surface area contributed by atoms with Crippen molar-refractivity contribution in [1.82, 2.24) is 14.5 Å². The Morgan fingerprint density at radius 1 is 1.03 bits per heavy atom. The number of nitrogens with one attached hydrogen (secondary N) is 1. The van der Waals surface area contributed by atoms with Gasteiger partial charge in [0.25, 0.3) is 0 Å². The van der Waals surface area contributed by atoms with E-state index in [1.54, 1.807) is 6.20 Å². The average Bonchev–Trinajstić information content (AvgIpc) is 3.24. The molecule has 1 aromatic heterocycles. The number of amides is 1. The van der Waals surface area contributed by atoms with Crippen molar-refractivity contribution in [3.8, 4) is 5.69 Å². The number of halogens is 3. The number of anilines is 2. The molecule has 0 radical (unpaired) electrons. The summed E-state index contributed by atoms with van der Waals surface area (Å²) in [5, 5.41) is 2.41. The van der Waals surface area contributed by atoms with Crippen LogP contribution in [0.2, 0.25) is 0 Å². The van der Waals surface area contributed by atoms with Gasteiger partial charge in [0.1, 0.15) is 0 Å². The first-order valence-corrected chi connectivity index (χ1v) is 10.3. The van der Waals surface area contributed by atoms with Crippen LogP contribution < -0.4 is 10.2 Å². The molecule has 4 rings (SSSR count). The summed E-state index contributed by atoms with van der Waals surface area (Å²) in [5.41, 5.74) is 1.14. The number of para-hydroxylation sites is 1. The fraction of sp³-hybridized carbons (Fsp3) is 0.304. The molecule has 0 bridgehead atoms. The van der Waals surface area contributed by atoms with Crippen LogP contribution in [-0.2, 0) is 11.0 Å². The van der Waals surface area contributed by atoms with Crippen molar-refractivity contribution in [2.45, 2.75) is 13.1 Å². The van der Waals surface area contributed by atoms with Gasteiger partial charge < -0.3 is 10.2 Å². The smallest absolute Gasteiger partial charge is 0.339 e. The third-order valence-electron chi connectivity index (χ3n) is 5.46. The highest BCUT2D eigenvalue weighted by Gasteiger charge is 2.33. The molecule has 2 aromatic carbocycles. The van der Waals surface area contributed by atoms with Crippen LogP contribution in [0.1, 0.15) is 11.1 Å². The van der Waals surface area contributed by atoms with E-state index in [9.17, 15) is 18.0 Å². The number of hydrogen-bond acceptors (Lipinski definition) is 4. The number of hydrogen-bond donors (Lipinski definition) is 1. The van der Waals surface area contributed by atoms with Crippen LogP contribution in [0.15, 0.2) is 60.9 Å². The molecule has 0 saturated carbocycles. The van der Waals surface area contributed by atoms with Gasteiger partial charge in [-0.15, -0.1) is 0 Å². The maximum absolute atomic E-state index is 13.1. The third-order valence-corrected chi connectivity index (χ3v) is 5.46. The molecule has 1 aliphatic rings. The monoisotopic (exact) mass is 443 g/mol. The molecule has 0 spiro atoms. The number of carbonyl (C=O) groups is 1. The lowest BCUT2D eigenvalue weighted by atomic mass is 10.1. The van der Waals surface area contributed by atoms with E-state index in [0.29, 0.717) is 26.2 Å². The second kappa shape index (κ2) is 9.04. The van der Waals surface area contributed by atoms with Crippen molar-refractivity contribution in [3.05, 3.63) is 72.1 Å². The van der Waals surface area contributed by atoms with Crippen LogP contribution in [0.4, 0.5) is 24.8 Å². The maximum Gasteiger partial charge on any atom is 0.418 e. The zero-order valence-corrected chi connectivity index (χ0v) is 17.6. The Hall–Kier alpha value is -3.33. The van der Waals surface area contributed by atoms with Gasteiger partial charge in [-0.1, -0.05) is 29.8 Å². The van der Waals surface area contributed by atoms with Gasteiger partial charge in [-0.25, -0.2) is 4.98 Å². The van der Waals surface area contributed by atoms with E-state index < -0.39 is 17.6 Å². The molecular formula is C23H24F3N5O. The summed E-state index contributed by atoms with van der Waals surface area (Å²) in [6.45, 7) is 4.61. The Kier molecular flexibility index (Phi) is 6.18. The highest BCUT2D eigenvalue weighted by Crippen LogP contribution is 2.34. The van der Waals surface area contributed by atoms with Gasteiger partial charge in [0.05, 0.1) is 17.8 Å². The number of benzene rings is 2. The molecule has 32 heavy (non-hydrogen) atoms. The van der Waals surface area contributed by atoms with E-state index >= 15 is 0 Å². The average molecular weight is 443 g/mol. The molecular weight excluding hydrogens is 419 g/mol. The van der Waals surface area contributed by atoms with Crippen LogP contribution >= 0.6 is 0 Å². The fourth-order valence-electron chi connectivity index (χ4n) is 3.77. The minimum atomic E-state index is -4.52. The Balaban J connectivity index is 1.35. The number of rotatable bonds is 5. The summed E-state index contributed by atoms with van der Waals surface area (Å²) in [4.78, 5) is 21.0. The number of piperazine rings is 1. The molecule has 168 valence electrons. The van der Waals surface area contributed by atoms with E-state index in [1.807, 2.05) is 46.9 Å². The Bertz CT molecular complexity index is 1070. The molecule has 1 fully saturated rings. The highest BCUT2D eigenvalue weighted by molar-refractivity contribution is 5.93. The second-order valence-corrected chi connectivity index (χ2v) is 7.79. The molecule has 1 amide bonds. The number of carbonyl (C=O) groups excluding carboxylic acids is 1. The SMILES string of the molecule is Cc1ccc(-n2ccnc2N2CCN(CC(=O)Nc3ccccc3C(F)(F)F)CC2)cc1. The van der Waals surface area contributed by atoms with Crippen molar-refractivity contribution in [3.63, 3.8) is 0 Å². The summed E-state index contributed by atoms with van der Waals surface area (Å²) in [6, 6.07) is 13.2. The fourth-order valence-corrected chi connectivity index (χ4v) is 3.77. The van der Waals surface area contributed by atoms with E-state index in [2.05, 4.69) is 15.2 Å². The van der Waals surface area contributed by atoms with Crippen molar-refractivity contribution in [2.75, 3.05) is 42.9 Å². The van der Waals surface area contributed by atoms with Gasteiger partial charge >= 0.3 is 6.18 Å². The van der Waals surface area contributed by atoms with Gasteiger partial charge in [-0.05, 0) is 31.2 Å². The molecule has 1 N–H and O–H groups in total. The number of nitrogens with zero attached hydrogens (tertiary/aromatic N) is 4. The highest BCUT2D eigenvalue weighted by atomic mass is 19.4. The molecule has 1 aliphatic heterocycles. The third kappa shape index (κ3) is 4.94.